The fraction of sp³-hybridized carbons (Fsp3) is 0.625. The third-order valence-electron chi connectivity index (χ3n) is 4.64. The highest BCUT2D eigenvalue weighted by molar-refractivity contribution is 5.61. The number of hydrogen-bond acceptors (Lipinski definition) is 4. The summed E-state index contributed by atoms with van der Waals surface area (Å²) in [4.78, 5) is 4.37. The van der Waals surface area contributed by atoms with Gasteiger partial charge in [-0.1, -0.05) is 19.8 Å². The van der Waals surface area contributed by atoms with Gasteiger partial charge < -0.3 is 11.1 Å². The Morgan fingerprint density at radius 2 is 2.25 bits per heavy atom. The minimum Gasteiger partial charge on any atom is -0.377 e. The summed E-state index contributed by atoms with van der Waals surface area (Å²) < 4.78 is 0. The maximum Gasteiger partial charge on any atom is 0.103 e. The van der Waals surface area contributed by atoms with Gasteiger partial charge in [-0.15, -0.1) is 0 Å². The monoisotopic (exact) mass is 272 g/mol. The molecule has 0 spiro atoms. The molecule has 2 unspecified atom stereocenters. The van der Waals surface area contributed by atoms with Crippen LogP contribution in [0.3, 0.4) is 0 Å². The van der Waals surface area contributed by atoms with E-state index in [9.17, 15) is 5.26 Å². The Bertz CT molecular complexity index is 532. The van der Waals surface area contributed by atoms with Gasteiger partial charge >= 0.3 is 0 Å². The van der Waals surface area contributed by atoms with E-state index in [-0.39, 0.29) is 5.54 Å². The molecule has 1 aromatic rings. The lowest BCUT2D eigenvalue weighted by atomic mass is 9.73. The lowest BCUT2D eigenvalue weighted by Crippen LogP contribution is -2.52. The summed E-state index contributed by atoms with van der Waals surface area (Å²) in [5.74, 6) is 0.515. The molecule has 20 heavy (non-hydrogen) atoms. The second-order valence-corrected chi connectivity index (χ2v) is 6.02. The van der Waals surface area contributed by atoms with Gasteiger partial charge in [0.15, 0.2) is 0 Å². The van der Waals surface area contributed by atoms with Crippen LogP contribution in [0, 0.1) is 31.1 Å². The minimum absolute atomic E-state index is 0.0932. The lowest BCUT2D eigenvalue weighted by molar-refractivity contribution is 0.235. The van der Waals surface area contributed by atoms with E-state index in [0.29, 0.717) is 18.0 Å². The molecule has 4 nitrogen and oxygen atoms in total. The van der Waals surface area contributed by atoms with E-state index in [1.807, 2.05) is 19.9 Å². The van der Waals surface area contributed by atoms with Gasteiger partial charge in [0.2, 0.25) is 0 Å². The average molecular weight is 272 g/mol. The molecule has 0 bridgehead atoms. The van der Waals surface area contributed by atoms with Crippen LogP contribution in [0.25, 0.3) is 0 Å². The average Bonchev–Trinajstić information content (AvgIpc) is 2.41. The standard InChI is InChI=1S/C16H24N4/c1-11-6-4-5-7-16(11,10-18)20-15-8-12(2)19-13(3)14(15)9-17/h8,11H,4-7,10,18H2,1-3H3,(H,19,20). The van der Waals surface area contributed by atoms with Crippen LogP contribution in [0.1, 0.15) is 49.6 Å². The van der Waals surface area contributed by atoms with E-state index in [0.717, 1.165) is 23.5 Å². The van der Waals surface area contributed by atoms with Crippen molar-refractivity contribution < 1.29 is 0 Å². The smallest absolute Gasteiger partial charge is 0.103 e. The van der Waals surface area contributed by atoms with Crippen LogP contribution in [0.5, 0.6) is 0 Å². The largest absolute Gasteiger partial charge is 0.377 e. The van der Waals surface area contributed by atoms with Crippen molar-refractivity contribution in [1.29, 1.82) is 5.26 Å². The molecule has 3 N–H and O–H groups in total. The first kappa shape index (κ1) is 14.8. The van der Waals surface area contributed by atoms with Gasteiger partial charge in [-0.3, -0.25) is 4.98 Å². The summed E-state index contributed by atoms with van der Waals surface area (Å²) in [6.45, 7) is 6.69. The number of nitrogens with two attached hydrogens (primary N) is 1. The van der Waals surface area contributed by atoms with Crippen molar-refractivity contribution in [2.75, 3.05) is 11.9 Å². The Balaban J connectivity index is 2.39. The van der Waals surface area contributed by atoms with E-state index < -0.39 is 0 Å². The molecule has 1 aliphatic carbocycles. The van der Waals surface area contributed by atoms with Crippen molar-refractivity contribution in [3.63, 3.8) is 0 Å². The first-order chi connectivity index (χ1) is 9.52. The van der Waals surface area contributed by atoms with Gasteiger partial charge in [-0.25, -0.2) is 0 Å². The van der Waals surface area contributed by atoms with Crippen LogP contribution >= 0.6 is 0 Å². The Labute approximate surface area is 121 Å². The van der Waals surface area contributed by atoms with Gasteiger partial charge in [-0.05, 0) is 38.7 Å². The zero-order valence-corrected chi connectivity index (χ0v) is 12.7. The number of nitriles is 1. The molecule has 0 aliphatic heterocycles. The molecule has 2 atom stereocenters. The third-order valence-corrected chi connectivity index (χ3v) is 4.64. The topological polar surface area (TPSA) is 74.7 Å². The second-order valence-electron chi connectivity index (χ2n) is 6.02. The van der Waals surface area contributed by atoms with Crippen molar-refractivity contribution >= 4 is 5.69 Å². The number of aromatic nitrogens is 1. The Hall–Kier alpha value is -1.60. The van der Waals surface area contributed by atoms with E-state index in [1.54, 1.807) is 0 Å². The molecule has 0 aromatic carbocycles. The van der Waals surface area contributed by atoms with Crippen molar-refractivity contribution in [2.24, 2.45) is 11.7 Å². The van der Waals surface area contributed by atoms with Crippen molar-refractivity contribution in [2.45, 2.75) is 52.0 Å². The number of nitrogens with zero attached hydrogens (tertiary/aromatic N) is 2. The molecule has 4 heteroatoms. The summed E-state index contributed by atoms with van der Waals surface area (Å²) >= 11 is 0. The van der Waals surface area contributed by atoms with Gasteiger partial charge in [0.25, 0.3) is 0 Å². The summed E-state index contributed by atoms with van der Waals surface area (Å²) in [6, 6.07) is 4.23. The summed E-state index contributed by atoms with van der Waals surface area (Å²) in [5.41, 5.74) is 9.23. The maximum atomic E-state index is 9.38. The molecule has 1 aromatic heterocycles. The van der Waals surface area contributed by atoms with Crippen LogP contribution < -0.4 is 11.1 Å². The van der Waals surface area contributed by atoms with Crippen LogP contribution in [0.2, 0.25) is 0 Å². The Morgan fingerprint density at radius 1 is 1.50 bits per heavy atom. The number of aryl methyl sites for hydroxylation is 2. The summed E-state index contributed by atoms with van der Waals surface area (Å²) in [5, 5.41) is 13.0. The van der Waals surface area contributed by atoms with Crippen LogP contribution in [-0.2, 0) is 0 Å². The predicted molar refractivity (Wildman–Crippen MR) is 81.5 cm³/mol. The second kappa shape index (κ2) is 5.80. The SMILES string of the molecule is Cc1cc(NC2(CN)CCCCC2C)c(C#N)c(C)n1. The number of pyridine rings is 1. The first-order valence-electron chi connectivity index (χ1n) is 7.39. The molecule has 1 fully saturated rings. The molecular weight excluding hydrogens is 248 g/mol. The highest BCUT2D eigenvalue weighted by Crippen LogP contribution is 2.36. The minimum atomic E-state index is -0.0932. The lowest BCUT2D eigenvalue weighted by Gasteiger charge is -2.43. The predicted octanol–water partition coefficient (Wildman–Crippen LogP) is 2.89. The van der Waals surface area contributed by atoms with Crippen molar-refractivity contribution in [1.82, 2.24) is 4.98 Å². The zero-order valence-electron chi connectivity index (χ0n) is 12.7. The van der Waals surface area contributed by atoms with E-state index >= 15 is 0 Å². The van der Waals surface area contributed by atoms with Gasteiger partial charge in [0.05, 0.1) is 22.5 Å². The molecule has 2 rings (SSSR count). The van der Waals surface area contributed by atoms with Gasteiger partial charge in [-0.2, -0.15) is 5.26 Å². The highest BCUT2D eigenvalue weighted by Gasteiger charge is 2.37. The van der Waals surface area contributed by atoms with Crippen molar-refractivity contribution in [3.05, 3.63) is 23.0 Å². The number of nitrogens with one attached hydrogen (secondary N) is 1. The van der Waals surface area contributed by atoms with Crippen LogP contribution in [0.4, 0.5) is 5.69 Å². The van der Waals surface area contributed by atoms with E-state index in [1.165, 1.54) is 19.3 Å². The first-order valence-corrected chi connectivity index (χ1v) is 7.39. The molecule has 0 radical (unpaired) electrons. The fourth-order valence-electron chi connectivity index (χ4n) is 3.29. The molecule has 1 heterocycles. The molecule has 108 valence electrons. The van der Waals surface area contributed by atoms with Crippen LogP contribution in [0.15, 0.2) is 6.07 Å². The number of anilines is 1. The molecule has 0 saturated heterocycles. The molecular formula is C16H24N4. The highest BCUT2D eigenvalue weighted by atomic mass is 15.0. The van der Waals surface area contributed by atoms with E-state index in [4.69, 9.17) is 5.73 Å². The summed E-state index contributed by atoms with van der Waals surface area (Å²) in [6.07, 6.45) is 4.72. The Kier molecular flexibility index (Phi) is 4.29. The van der Waals surface area contributed by atoms with Crippen molar-refractivity contribution in [3.8, 4) is 6.07 Å². The maximum absolute atomic E-state index is 9.38. The zero-order chi connectivity index (χ0) is 14.8. The normalized spacial score (nSPS) is 26.1. The molecule has 0 amide bonds. The van der Waals surface area contributed by atoms with Gasteiger partial charge in [0.1, 0.15) is 6.07 Å². The summed E-state index contributed by atoms with van der Waals surface area (Å²) in [7, 11) is 0. The van der Waals surface area contributed by atoms with Crippen LogP contribution in [-0.4, -0.2) is 17.1 Å². The van der Waals surface area contributed by atoms with Gasteiger partial charge in [0, 0.05) is 12.2 Å². The third kappa shape index (κ3) is 2.64. The number of hydrogen-bond donors (Lipinski definition) is 2. The number of rotatable bonds is 3. The Morgan fingerprint density at radius 3 is 2.85 bits per heavy atom. The molecule has 1 saturated carbocycles. The van der Waals surface area contributed by atoms with E-state index in [2.05, 4.69) is 23.3 Å². The molecule has 1 aliphatic rings. The fourth-order valence-corrected chi connectivity index (χ4v) is 3.29. The quantitative estimate of drug-likeness (QED) is 0.887.